The van der Waals surface area contributed by atoms with E-state index in [1.807, 2.05) is 25.2 Å². The first-order chi connectivity index (χ1) is 8.88. The molecule has 0 radical (unpaired) electrons. The summed E-state index contributed by atoms with van der Waals surface area (Å²) in [6.07, 6.45) is 0.887. The third-order valence-corrected chi connectivity index (χ3v) is 2.46. The Kier molecular flexibility index (Phi) is 8.21. The highest BCUT2D eigenvalue weighted by Crippen LogP contribution is 2.17. The Bertz CT molecular complexity index is 318. The lowest BCUT2D eigenvalue weighted by Crippen LogP contribution is -2.09. The monoisotopic (exact) mass is 253 g/mol. The molecule has 0 unspecified atom stereocenters. The van der Waals surface area contributed by atoms with Crippen LogP contribution in [0.25, 0.3) is 0 Å². The zero-order valence-corrected chi connectivity index (χ0v) is 11.3. The van der Waals surface area contributed by atoms with E-state index in [2.05, 4.69) is 11.4 Å². The van der Waals surface area contributed by atoms with Gasteiger partial charge in [-0.3, -0.25) is 0 Å². The van der Waals surface area contributed by atoms with Crippen molar-refractivity contribution in [2.75, 3.05) is 40.6 Å². The standard InChI is InChI=1S/C14H23NO3/c1-15-12-13-6-3-4-7-14(13)18-9-5-8-17-11-10-16-2/h3-4,6-7,15H,5,8-12H2,1-2H3. The van der Waals surface area contributed by atoms with E-state index < -0.39 is 0 Å². The maximum absolute atomic E-state index is 5.74. The normalized spacial score (nSPS) is 10.6. The van der Waals surface area contributed by atoms with Gasteiger partial charge in [0, 0.05) is 32.2 Å². The second-order valence-electron chi connectivity index (χ2n) is 3.95. The molecule has 0 aliphatic heterocycles. The van der Waals surface area contributed by atoms with Crippen molar-refractivity contribution < 1.29 is 14.2 Å². The van der Waals surface area contributed by atoms with Crippen LogP contribution in [0.4, 0.5) is 0 Å². The van der Waals surface area contributed by atoms with Crippen molar-refractivity contribution in [3.8, 4) is 5.75 Å². The van der Waals surface area contributed by atoms with Gasteiger partial charge in [0.2, 0.25) is 0 Å². The molecule has 0 aromatic heterocycles. The Balaban J connectivity index is 2.18. The minimum absolute atomic E-state index is 0.645. The summed E-state index contributed by atoms with van der Waals surface area (Å²) in [6.45, 7) is 3.49. The van der Waals surface area contributed by atoms with Gasteiger partial charge < -0.3 is 19.5 Å². The van der Waals surface area contributed by atoms with Crippen molar-refractivity contribution in [3.63, 3.8) is 0 Å². The van der Waals surface area contributed by atoms with Gasteiger partial charge in [-0.15, -0.1) is 0 Å². The molecule has 1 aromatic carbocycles. The van der Waals surface area contributed by atoms with Crippen molar-refractivity contribution in [3.05, 3.63) is 29.8 Å². The summed E-state index contributed by atoms with van der Waals surface area (Å²) >= 11 is 0. The quantitative estimate of drug-likeness (QED) is 0.646. The van der Waals surface area contributed by atoms with Gasteiger partial charge in [0.25, 0.3) is 0 Å². The molecule has 1 aromatic rings. The molecule has 18 heavy (non-hydrogen) atoms. The topological polar surface area (TPSA) is 39.7 Å². The molecule has 4 heteroatoms. The summed E-state index contributed by atoms with van der Waals surface area (Å²) in [5, 5.41) is 3.13. The first-order valence-corrected chi connectivity index (χ1v) is 6.30. The lowest BCUT2D eigenvalue weighted by molar-refractivity contribution is 0.0644. The summed E-state index contributed by atoms with van der Waals surface area (Å²) in [5.41, 5.74) is 1.18. The van der Waals surface area contributed by atoms with E-state index in [4.69, 9.17) is 14.2 Å². The van der Waals surface area contributed by atoms with Gasteiger partial charge in [-0.05, 0) is 13.1 Å². The molecule has 0 saturated carbocycles. The number of methoxy groups -OCH3 is 1. The van der Waals surface area contributed by atoms with Crippen LogP contribution in [0.2, 0.25) is 0 Å². The van der Waals surface area contributed by atoms with Crippen molar-refractivity contribution in [1.29, 1.82) is 0 Å². The Labute approximate surface area is 109 Å². The van der Waals surface area contributed by atoms with Crippen LogP contribution < -0.4 is 10.1 Å². The third-order valence-electron chi connectivity index (χ3n) is 2.46. The van der Waals surface area contributed by atoms with Gasteiger partial charge in [-0.25, -0.2) is 0 Å². The highest BCUT2D eigenvalue weighted by atomic mass is 16.5. The fourth-order valence-electron chi connectivity index (χ4n) is 1.57. The summed E-state index contributed by atoms with van der Waals surface area (Å²) in [5.74, 6) is 0.948. The molecule has 0 heterocycles. The molecule has 0 aliphatic rings. The van der Waals surface area contributed by atoms with E-state index in [-0.39, 0.29) is 0 Å². The lowest BCUT2D eigenvalue weighted by atomic mass is 10.2. The van der Waals surface area contributed by atoms with Gasteiger partial charge in [0.1, 0.15) is 5.75 Å². The molecule has 0 saturated heterocycles. The molecule has 0 aliphatic carbocycles. The Morgan fingerprint density at radius 3 is 2.67 bits per heavy atom. The number of ether oxygens (including phenoxy) is 3. The molecule has 4 nitrogen and oxygen atoms in total. The molecule has 1 N–H and O–H groups in total. The van der Waals surface area contributed by atoms with Crippen LogP contribution in [0.15, 0.2) is 24.3 Å². The Hall–Kier alpha value is -1.10. The SMILES string of the molecule is CNCc1ccccc1OCCCOCCOC. The number of rotatable bonds is 10. The second-order valence-corrected chi connectivity index (χ2v) is 3.95. The molecular weight excluding hydrogens is 230 g/mol. The van der Waals surface area contributed by atoms with Crippen LogP contribution in [0, 0.1) is 0 Å². The van der Waals surface area contributed by atoms with Gasteiger partial charge >= 0.3 is 0 Å². The van der Waals surface area contributed by atoms with Crippen molar-refractivity contribution in [2.45, 2.75) is 13.0 Å². The average molecular weight is 253 g/mol. The number of hydrogen-bond acceptors (Lipinski definition) is 4. The molecule has 0 amide bonds. The molecule has 0 atom stereocenters. The molecular formula is C14H23NO3. The zero-order chi connectivity index (χ0) is 13.1. The van der Waals surface area contributed by atoms with Crippen molar-refractivity contribution >= 4 is 0 Å². The van der Waals surface area contributed by atoms with Crippen molar-refractivity contribution in [2.24, 2.45) is 0 Å². The average Bonchev–Trinajstić information content (AvgIpc) is 2.40. The third kappa shape index (κ3) is 6.00. The first kappa shape index (κ1) is 15.0. The van der Waals surface area contributed by atoms with Crippen LogP contribution in [0.3, 0.4) is 0 Å². The van der Waals surface area contributed by atoms with Crippen molar-refractivity contribution in [1.82, 2.24) is 5.32 Å². The van der Waals surface area contributed by atoms with Crippen LogP contribution in [0.5, 0.6) is 5.75 Å². The van der Waals surface area contributed by atoms with E-state index in [1.54, 1.807) is 7.11 Å². The van der Waals surface area contributed by atoms with Gasteiger partial charge in [0.15, 0.2) is 0 Å². The summed E-state index contributed by atoms with van der Waals surface area (Å²) in [4.78, 5) is 0. The summed E-state index contributed by atoms with van der Waals surface area (Å²) < 4.78 is 16.0. The lowest BCUT2D eigenvalue weighted by Gasteiger charge is -2.11. The van der Waals surface area contributed by atoms with Gasteiger partial charge in [0.05, 0.1) is 19.8 Å². The minimum Gasteiger partial charge on any atom is -0.493 e. The predicted molar refractivity (Wildman–Crippen MR) is 72.0 cm³/mol. The molecule has 1 rings (SSSR count). The Morgan fingerprint density at radius 2 is 1.89 bits per heavy atom. The van der Waals surface area contributed by atoms with Gasteiger partial charge in [-0.2, -0.15) is 0 Å². The molecule has 0 fully saturated rings. The maximum atomic E-state index is 5.74. The molecule has 102 valence electrons. The van der Waals surface area contributed by atoms with E-state index in [0.29, 0.717) is 26.4 Å². The van der Waals surface area contributed by atoms with E-state index in [9.17, 15) is 0 Å². The van der Waals surface area contributed by atoms with E-state index in [1.165, 1.54) is 5.56 Å². The Morgan fingerprint density at radius 1 is 1.06 bits per heavy atom. The predicted octanol–water partition coefficient (Wildman–Crippen LogP) is 1.84. The van der Waals surface area contributed by atoms with Crippen LogP contribution >= 0.6 is 0 Å². The maximum Gasteiger partial charge on any atom is 0.123 e. The number of nitrogens with one attached hydrogen (secondary N) is 1. The fourth-order valence-corrected chi connectivity index (χ4v) is 1.57. The molecule has 0 bridgehead atoms. The summed E-state index contributed by atoms with van der Waals surface area (Å²) in [7, 11) is 3.60. The highest BCUT2D eigenvalue weighted by Gasteiger charge is 2.01. The van der Waals surface area contributed by atoms with E-state index >= 15 is 0 Å². The highest BCUT2D eigenvalue weighted by molar-refractivity contribution is 5.33. The fraction of sp³-hybridized carbons (Fsp3) is 0.571. The first-order valence-electron chi connectivity index (χ1n) is 6.30. The number of benzene rings is 1. The zero-order valence-electron chi connectivity index (χ0n) is 11.3. The largest absolute Gasteiger partial charge is 0.493 e. The number of hydrogen-bond donors (Lipinski definition) is 1. The van der Waals surface area contributed by atoms with Crippen LogP contribution in [-0.2, 0) is 16.0 Å². The minimum atomic E-state index is 0.645. The summed E-state index contributed by atoms with van der Waals surface area (Å²) in [6, 6.07) is 8.08. The molecule has 0 spiro atoms. The van der Waals surface area contributed by atoms with Crippen LogP contribution in [-0.4, -0.2) is 40.6 Å². The smallest absolute Gasteiger partial charge is 0.123 e. The second kappa shape index (κ2) is 9.88. The van der Waals surface area contributed by atoms with Gasteiger partial charge in [-0.1, -0.05) is 18.2 Å². The number of para-hydroxylation sites is 1. The van der Waals surface area contributed by atoms with Crippen LogP contribution in [0.1, 0.15) is 12.0 Å². The van der Waals surface area contributed by atoms with E-state index in [0.717, 1.165) is 18.7 Å².